The Morgan fingerprint density at radius 3 is 2.25 bits per heavy atom. The molecule has 1 amide bonds. The Kier molecular flexibility index (Phi) is 7.56. The molecular formula is C18H26F3NO2. The van der Waals surface area contributed by atoms with Crippen LogP contribution in [0.1, 0.15) is 52.4 Å². The number of carbonyl (C=O) groups is 1. The fourth-order valence-electron chi connectivity index (χ4n) is 2.54. The molecule has 24 heavy (non-hydrogen) atoms. The van der Waals surface area contributed by atoms with E-state index < -0.39 is 24.2 Å². The van der Waals surface area contributed by atoms with Gasteiger partial charge in [0.2, 0.25) is 0 Å². The van der Waals surface area contributed by atoms with Crippen LogP contribution in [0.3, 0.4) is 0 Å². The number of hydrogen-bond acceptors (Lipinski definition) is 2. The van der Waals surface area contributed by atoms with Crippen LogP contribution in [-0.2, 0) is 15.1 Å². The van der Waals surface area contributed by atoms with Gasteiger partial charge in [-0.05, 0) is 6.42 Å². The molecule has 1 aromatic carbocycles. The molecule has 0 spiro atoms. The summed E-state index contributed by atoms with van der Waals surface area (Å²) in [6, 6.07) is 6.77. The summed E-state index contributed by atoms with van der Waals surface area (Å²) in [5.74, 6) is -1.36. The minimum absolute atomic E-state index is 0.307. The zero-order chi connectivity index (χ0) is 18.9. The van der Waals surface area contributed by atoms with Gasteiger partial charge in [0.15, 0.2) is 0 Å². The molecule has 0 saturated heterocycles. The lowest BCUT2D eigenvalue weighted by Gasteiger charge is -2.33. The Morgan fingerprint density at radius 1 is 1.12 bits per heavy atom. The van der Waals surface area contributed by atoms with Crippen LogP contribution < -0.4 is 5.32 Å². The van der Waals surface area contributed by atoms with Crippen LogP contribution in [0.25, 0.3) is 0 Å². The maximum atomic E-state index is 13.7. The highest BCUT2D eigenvalue weighted by Crippen LogP contribution is 2.42. The molecule has 0 heterocycles. The molecule has 0 saturated carbocycles. The maximum Gasteiger partial charge on any atom is 0.430 e. The van der Waals surface area contributed by atoms with Crippen molar-refractivity contribution < 1.29 is 24.1 Å². The molecule has 1 rings (SSSR count). The number of carbonyl (C=O) groups excluding carboxylic acids is 1. The van der Waals surface area contributed by atoms with E-state index in [0.717, 1.165) is 32.8 Å². The lowest BCUT2D eigenvalue weighted by molar-refractivity contribution is -0.265. The highest BCUT2D eigenvalue weighted by atomic mass is 19.4. The van der Waals surface area contributed by atoms with Crippen molar-refractivity contribution in [3.05, 3.63) is 35.9 Å². The number of hydrogen-bond donors (Lipinski definition) is 1. The van der Waals surface area contributed by atoms with Gasteiger partial charge in [0.25, 0.3) is 11.5 Å². The van der Waals surface area contributed by atoms with Gasteiger partial charge in [0, 0.05) is 20.6 Å². The topological polar surface area (TPSA) is 38.3 Å². The van der Waals surface area contributed by atoms with E-state index in [1.807, 2.05) is 0 Å². The smallest absolute Gasteiger partial charge is 0.356 e. The number of methoxy groups -OCH3 is 1. The second-order valence-electron chi connectivity index (χ2n) is 5.63. The summed E-state index contributed by atoms with van der Waals surface area (Å²) < 4.78 is 53.7. The van der Waals surface area contributed by atoms with Crippen LogP contribution in [0.2, 0.25) is 0 Å². The third kappa shape index (κ3) is 4.97. The first-order valence-corrected chi connectivity index (χ1v) is 8.20. The van der Waals surface area contributed by atoms with E-state index in [1.54, 1.807) is 6.07 Å². The third-order valence-electron chi connectivity index (χ3n) is 3.89. The normalized spacial score (nSPS) is 16.1. The molecule has 6 heteroatoms. The Hall–Kier alpha value is -1.56. The van der Waals surface area contributed by atoms with Gasteiger partial charge in [0.05, 0.1) is 0 Å². The van der Waals surface area contributed by atoms with Crippen LogP contribution in [0.15, 0.2) is 30.3 Å². The van der Waals surface area contributed by atoms with E-state index in [-0.39, 0.29) is 5.56 Å². The number of halogens is 3. The summed E-state index contributed by atoms with van der Waals surface area (Å²) in [5, 5.41) is 2.15. The van der Waals surface area contributed by atoms with E-state index in [2.05, 4.69) is 17.0 Å². The molecule has 136 valence electrons. The predicted molar refractivity (Wildman–Crippen MR) is 87.6 cm³/mol. The minimum atomic E-state index is -4.95. The van der Waals surface area contributed by atoms with Crippen molar-refractivity contribution >= 4 is 5.91 Å². The standard InChI is InChI=1S/C18H26F3NO2/c1-3-4-5-6-7-11-14-22-16(23)17(24-2,18(19,20)21)15-12-9-8-10-13-15/h8-10,12-13H,3-7,11,14H2,1-2H3,(H,22,23)/t17-/m1/s1/i14D/t14-,17+/m0. The van der Waals surface area contributed by atoms with E-state index >= 15 is 0 Å². The van der Waals surface area contributed by atoms with Gasteiger partial charge in [-0.2, -0.15) is 13.2 Å². The molecule has 3 nitrogen and oxygen atoms in total. The number of amides is 1. The van der Waals surface area contributed by atoms with Crippen LogP contribution in [-0.4, -0.2) is 25.7 Å². The number of alkyl halides is 3. The highest BCUT2D eigenvalue weighted by molar-refractivity contribution is 5.87. The van der Waals surface area contributed by atoms with Crippen molar-refractivity contribution in [2.24, 2.45) is 0 Å². The Labute approximate surface area is 143 Å². The van der Waals surface area contributed by atoms with Crippen LogP contribution in [0.5, 0.6) is 0 Å². The lowest BCUT2D eigenvalue weighted by atomic mass is 9.91. The summed E-state index contributed by atoms with van der Waals surface area (Å²) in [5.41, 5.74) is -3.42. The molecule has 0 bridgehead atoms. The fourth-order valence-corrected chi connectivity index (χ4v) is 2.54. The number of ether oxygens (including phenoxy) is 1. The van der Waals surface area contributed by atoms with Gasteiger partial charge < -0.3 is 10.1 Å². The van der Waals surface area contributed by atoms with Gasteiger partial charge in [0.1, 0.15) is 0 Å². The molecular weight excluding hydrogens is 319 g/mol. The monoisotopic (exact) mass is 346 g/mol. The van der Waals surface area contributed by atoms with Gasteiger partial charge in [-0.15, -0.1) is 0 Å². The zero-order valence-electron chi connectivity index (χ0n) is 15.2. The van der Waals surface area contributed by atoms with E-state index in [0.29, 0.717) is 12.8 Å². The van der Waals surface area contributed by atoms with Crippen molar-refractivity contribution in [3.8, 4) is 0 Å². The molecule has 0 fully saturated rings. The molecule has 0 unspecified atom stereocenters. The van der Waals surface area contributed by atoms with Crippen LogP contribution >= 0.6 is 0 Å². The van der Waals surface area contributed by atoms with Crippen molar-refractivity contribution in [1.29, 1.82) is 0 Å². The quantitative estimate of drug-likeness (QED) is 0.630. The summed E-state index contributed by atoms with van der Waals surface area (Å²) in [7, 11) is 0.851. The molecule has 0 aliphatic carbocycles. The number of unbranched alkanes of at least 4 members (excludes halogenated alkanes) is 4. The van der Waals surface area contributed by atoms with Crippen molar-refractivity contribution in [3.63, 3.8) is 0 Å². The highest BCUT2D eigenvalue weighted by Gasteiger charge is 2.62. The molecule has 0 aromatic heterocycles. The molecule has 1 aromatic rings. The first kappa shape index (κ1) is 18.8. The Bertz CT molecular complexity index is 525. The van der Waals surface area contributed by atoms with Crippen molar-refractivity contribution in [2.45, 2.75) is 57.2 Å². The Morgan fingerprint density at radius 2 is 1.71 bits per heavy atom. The van der Waals surface area contributed by atoms with Gasteiger partial charge in [-0.3, -0.25) is 4.79 Å². The van der Waals surface area contributed by atoms with E-state index in [1.165, 1.54) is 24.3 Å². The predicted octanol–water partition coefficient (Wildman–Crippen LogP) is 4.57. The second-order valence-corrected chi connectivity index (χ2v) is 5.63. The molecule has 1 N–H and O–H groups in total. The number of benzene rings is 1. The summed E-state index contributed by atoms with van der Waals surface area (Å²) >= 11 is 0. The molecule has 0 radical (unpaired) electrons. The van der Waals surface area contributed by atoms with Crippen LogP contribution in [0, 0.1) is 0 Å². The lowest BCUT2D eigenvalue weighted by Crippen LogP contribution is -2.55. The minimum Gasteiger partial charge on any atom is -0.356 e. The maximum absolute atomic E-state index is 13.7. The summed E-state index contributed by atoms with van der Waals surface area (Å²) in [4.78, 5) is 12.4. The average Bonchev–Trinajstić information content (AvgIpc) is 2.55. The van der Waals surface area contributed by atoms with E-state index in [4.69, 9.17) is 1.37 Å². The molecule has 0 aliphatic rings. The van der Waals surface area contributed by atoms with Crippen LogP contribution in [0.4, 0.5) is 13.2 Å². The molecule has 0 aliphatic heterocycles. The molecule has 2 atom stereocenters. The van der Waals surface area contributed by atoms with Crippen molar-refractivity contribution in [1.82, 2.24) is 5.32 Å². The first-order valence-electron chi connectivity index (χ1n) is 8.78. The Balaban J connectivity index is 2.84. The SMILES string of the molecule is [2H][C@@H](CCCCCCC)NC(=O)[C@](OC)(c1ccccc1)C(F)(F)F. The fraction of sp³-hybridized carbons (Fsp3) is 0.611. The second kappa shape index (κ2) is 9.67. The number of nitrogens with one attached hydrogen (secondary N) is 1. The number of rotatable bonds is 10. The third-order valence-corrected chi connectivity index (χ3v) is 3.89. The van der Waals surface area contributed by atoms with Crippen molar-refractivity contribution in [2.75, 3.05) is 13.6 Å². The first-order chi connectivity index (χ1) is 11.8. The summed E-state index contributed by atoms with van der Waals surface area (Å²) in [6.07, 6.45) is 0.129. The zero-order valence-corrected chi connectivity index (χ0v) is 14.2. The van der Waals surface area contributed by atoms with Gasteiger partial charge in [-0.25, -0.2) is 0 Å². The van der Waals surface area contributed by atoms with Gasteiger partial charge >= 0.3 is 6.18 Å². The van der Waals surface area contributed by atoms with E-state index in [9.17, 15) is 18.0 Å². The van der Waals surface area contributed by atoms with Gasteiger partial charge in [-0.1, -0.05) is 69.4 Å². The summed E-state index contributed by atoms with van der Waals surface area (Å²) in [6.45, 7) is 0.980. The average molecular weight is 346 g/mol. The largest absolute Gasteiger partial charge is 0.430 e.